The maximum Gasteiger partial charge on any atom is 0.0638 e. The fourth-order valence-corrected chi connectivity index (χ4v) is 2.58. The molecule has 2 N–H and O–H groups in total. The first kappa shape index (κ1) is 12.6. The van der Waals surface area contributed by atoms with Gasteiger partial charge >= 0.3 is 0 Å². The van der Waals surface area contributed by atoms with E-state index in [1.165, 1.54) is 5.56 Å². The van der Waals surface area contributed by atoms with Crippen LogP contribution in [0.5, 0.6) is 0 Å². The van der Waals surface area contributed by atoms with Crippen LogP contribution < -0.4 is 5.32 Å². The summed E-state index contributed by atoms with van der Waals surface area (Å²) in [5.74, 6) is 0.732. The van der Waals surface area contributed by atoms with Gasteiger partial charge in [0.25, 0.3) is 0 Å². The lowest BCUT2D eigenvalue weighted by molar-refractivity contribution is 0.108. The molecule has 1 heterocycles. The number of rotatable bonds is 4. The number of hydrogen-bond acceptors (Lipinski definition) is 3. The molecule has 0 unspecified atom stereocenters. The van der Waals surface area contributed by atoms with Crippen LogP contribution in [-0.4, -0.2) is 27.5 Å². The van der Waals surface area contributed by atoms with Crippen molar-refractivity contribution in [2.24, 2.45) is 13.0 Å². The smallest absolute Gasteiger partial charge is 0.0638 e. The maximum absolute atomic E-state index is 9.44. The molecule has 4 heteroatoms. The Labute approximate surface area is 103 Å². The minimum absolute atomic E-state index is 0.0492. The van der Waals surface area contributed by atoms with Gasteiger partial charge in [0.2, 0.25) is 0 Å². The van der Waals surface area contributed by atoms with E-state index in [-0.39, 0.29) is 6.10 Å². The highest BCUT2D eigenvalue weighted by Gasteiger charge is 2.18. The standard InChI is InChI=1S/C13H23N3O/c1-10-12(9-16(2)15-10)8-14-7-11-3-5-13(17)6-4-11/h9,11,13-14,17H,3-8H2,1-2H3. The largest absolute Gasteiger partial charge is 0.393 e. The fraction of sp³-hybridized carbons (Fsp3) is 0.769. The van der Waals surface area contributed by atoms with E-state index in [1.54, 1.807) is 0 Å². The van der Waals surface area contributed by atoms with Crippen molar-refractivity contribution >= 4 is 0 Å². The minimum atomic E-state index is -0.0492. The zero-order chi connectivity index (χ0) is 12.3. The van der Waals surface area contributed by atoms with Gasteiger partial charge in [-0.2, -0.15) is 5.10 Å². The quantitative estimate of drug-likeness (QED) is 0.831. The first-order chi connectivity index (χ1) is 8.15. The second-order valence-electron chi connectivity index (χ2n) is 5.22. The third kappa shape index (κ3) is 3.54. The summed E-state index contributed by atoms with van der Waals surface area (Å²) in [5, 5.41) is 17.3. The van der Waals surface area contributed by atoms with Crippen molar-refractivity contribution in [3.05, 3.63) is 17.5 Å². The molecule has 1 aromatic heterocycles. The Kier molecular flexibility index (Phi) is 4.18. The Hall–Kier alpha value is -0.870. The highest BCUT2D eigenvalue weighted by molar-refractivity contribution is 5.14. The van der Waals surface area contributed by atoms with E-state index in [4.69, 9.17) is 0 Å². The molecule has 17 heavy (non-hydrogen) atoms. The number of aryl methyl sites for hydroxylation is 2. The molecule has 0 atom stereocenters. The minimum Gasteiger partial charge on any atom is -0.393 e. The molecule has 96 valence electrons. The summed E-state index contributed by atoms with van der Waals surface area (Å²) in [4.78, 5) is 0. The van der Waals surface area contributed by atoms with E-state index in [9.17, 15) is 5.11 Å². The second-order valence-corrected chi connectivity index (χ2v) is 5.22. The van der Waals surface area contributed by atoms with Crippen LogP contribution >= 0.6 is 0 Å². The van der Waals surface area contributed by atoms with E-state index in [0.29, 0.717) is 0 Å². The molecular weight excluding hydrogens is 214 g/mol. The van der Waals surface area contributed by atoms with Gasteiger partial charge in [-0.1, -0.05) is 0 Å². The molecular formula is C13H23N3O. The molecule has 0 bridgehead atoms. The van der Waals surface area contributed by atoms with Gasteiger partial charge in [0.05, 0.1) is 11.8 Å². The Morgan fingerprint density at radius 2 is 2.12 bits per heavy atom. The molecule has 0 amide bonds. The zero-order valence-corrected chi connectivity index (χ0v) is 10.8. The number of nitrogens with zero attached hydrogens (tertiary/aromatic N) is 2. The van der Waals surface area contributed by atoms with Crippen molar-refractivity contribution in [1.29, 1.82) is 0 Å². The molecule has 4 nitrogen and oxygen atoms in total. The maximum atomic E-state index is 9.44. The fourth-order valence-electron chi connectivity index (χ4n) is 2.58. The van der Waals surface area contributed by atoms with Gasteiger partial charge in [-0.05, 0) is 45.1 Å². The van der Waals surface area contributed by atoms with Crippen molar-refractivity contribution in [3.63, 3.8) is 0 Å². The molecule has 1 saturated carbocycles. The van der Waals surface area contributed by atoms with E-state index in [2.05, 4.69) is 16.6 Å². The van der Waals surface area contributed by atoms with Crippen LogP contribution in [0.1, 0.15) is 36.9 Å². The third-order valence-corrected chi connectivity index (χ3v) is 3.68. The first-order valence-electron chi connectivity index (χ1n) is 6.53. The Morgan fingerprint density at radius 1 is 1.41 bits per heavy atom. The third-order valence-electron chi connectivity index (χ3n) is 3.68. The van der Waals surface area contributed by atoms with Crippen LogP contribution in [-0.2, 0) is 13.6 Å². The van der Waals surface area contributed by atoms with Crippen LogP contribution in [0.2, 0.25) is 0 Å². The van der Waals surface area contributed by atoms with E-state index >= 15 is 0 Å². The predicted octanol–water partition coefficient (Wildman–Crippen LogP) is 1.37. The van der Waals surface area contributed by atoms with Gasteiger partial charge in [0.1, 0.15) is 0 Å². The van der Waals surface area contributed by atoms with Crippen molar-refractivity contribution in [2.75, 3.05) is 6.54 Å². The number of nitrogens with one attached hydrogen (secondary N) is 1. The molecule has 2 rings (SSSR count). The highest BCUT2D eigenvalue weighted by Crippen LogP contribution is 2.23. The summed E-state index contributed by atoms with van der Waals surface area (Å²) in [6.45, 7) is 4.01. The van der Waals surface area contributed by atoms with Gasteiger partial charge in [-0.3, -0.25) is 4.68 Å². The molecule has 0 saturated heterocycles. The van der Waals surface area contributed by atoms with Crippen LogP contribution in [0, 0.1) is 12.8 Å². The van der Waals surface area contributed by atoms with Crippen LogP contribution in [0.15, 0.2) is 6.20 Å². The SMILES string of the molecule is Cc1nn(C)cc1CNCC1CCC(O)CC1. The van der Waals surface area contributed by atoms with Crippen molar-refractivity contribution in [2.45, 2.75) is 45.3 Å². The molecule has 0 aliphatic heterocycles. The van der Waals surface area contributed by atoms with E-state index in [0.717, 1.165) is 50.4 Å². The number of aliphatic hydroxyl groups is 1. The Morgan fingerprint density at radius 3 is 2.71 bits per heavy atom. The van der Waals surface area contributed by atoms with Crippen molar-refractivity contribution in [1.82, 2.24) is 15.1 Å². The van der Waals surface area contributed by atoms with Gasteiger partial charge in [0, 0.05) is 25.4 Å². The van der Waals surface area contributed by atoms with Gasteiger partial charge in [-0.15, -0.1) is 0 Å². The van der Waals surface area contributed by atoms with Gasteiger partial charge in [-0.25, -0.2) is 0 Å². The van der Waals surface area contributed by atoms with Gasteiger partial charge < -0.3 is 10.4 Å². The molecule has 1 aromatic rings. The van der Waals surface area contributed by atoms with Gasteiger partial charge in [0.15, 0.2) is 0 Å². The predicted molar refractivity (Wildman–Crippen MR) is 67.6 cm³/mol. The molecule has 0 aromatic carbocycles. The van der Waals surface area contributed by atoms with Crippen LogP contribution in [0.25, 0.3) is 0 Å². The lowest BCUT2D eigenvalue weighted by Crippen LogP contribution is -2.27. The van der Waals surface area contributed by atoms with Crippen LogP contribution in [0.3, 0.4) is 0 Å². The highest BCUT2D eigenvalue weighted by atomic mass is 16.3. The average molecular weight is 237 g/mol. The topological polar surface area (TPSA) is 50.1 Å². The first-order valence-corrected chi connectivity index (χ1v) is 6.53. The van der Waals surface area contributed by atoms with E-state index < -0.39 is 0 Å². The summed E-state index contributed by atoms with van der Waals surface area (Å²) in [6, 6.07) is 0. The number of aliphatic hydroxyl groups excluding tert-OH is 1. The molecule has 1 aliphatic carbocycles. The van der Waals surface area contributed by atoms with Crippen LogP contribution in [0.4, 0.5) is 0 Å². The summed E-state index contributed by atoms with van der Waals surface area (Å²) in [6.07, 6.45) is 6.27. The number of hydrogen-bond donors (Lipinski definition) is 2. The Bertz CT molecular complexity index is 354. The monoisotopic (exact) mass is 237 g/mol. The molecule has 1 fully saturated rings. The van der Waals surface area contributed by atoms with Crippen molar-refractivity contribution in [3.8, 4) is 0 Å². The van der Waals surface area contributed by atoms with Crippen molar-refractivity contribution < 1.29 is 5.11 Å². The molecule has 0 radical (unpaired) electrons. The summed E-state index contributed by atoms with van der Waals surface area (Å²) in [5.41, 5.74) is 2.39. The second kappa shape index (κ2) is 5.65. The average Bonchev–Trinajstić information content (AvgIpc) is 2.60. The zero-order valence-electron chi connectivity index (χ0n) is 10.8. The lowest BCUT2D eigenvalue weighted by atomic mass is 9.87. The summed E-state index contributed by atoms with van der Waals surface area (Å²) in [7, 11) is 1.96. The number of aromatic nitrogens is 2. The van der Waals surface area contributed by atoms with E-state index in [1.807, 2.05) is 18.7 Å². The molecule has 0 spiro atoms. The molecule has 1 aliphatic rings. The summed E-state index contributed by atoms with van der Waals surface area (Å²) >= 11 is 0. The Balaban J connectivity index is 1.71. The normalized spacial score (nSPS) is 25.1. The lowest BCUT2D eigenvalue weighted by Gasteiger charge is -2.25. The summed E-state index contributed by atoms with van der Waals surface area (Å²) < 4.78 is 1.86.